The zero-order chi connectivity index (χ0) is 17.6. The molecule has 1 aliphatic heterocycles. The van der Waals surface area contributed by atoms with Gasteiger partial charge >= 0.3 is 0 Å². The number of nitrogens with zero attached hydrogens (tertiary/aromatic N) is 2. The highest BCUT2D eigenvalue weighted by Gasteiger charge is 2.30. The molecule has 0 saturated carbocycles. The van der Waals surface area contributed by atoms with E-state index in [4.69, 9.17) is 10.5 Å². The maximum atomic E-state index is 13.0. The number of anilines is 2. The van der Waals surface area contributed by atoms with Crippen molar-refractivity contribution in [2.45, 2.75) is 31.1 Å². The Morgan fingerprint density at radius 2 is 2.00 bits per heavy atom. The second-order valence-electron chi connectivity index (χ2n) is 5.98. The van der Waals surface area contributed by atoms with Gasteiger partial charge in [0.05, 0.1) is 24.6 Å². The second kappa shape index (κ2) is 8.66. The van der Waals surface area contributed by atoms with Gasteiger partial charge in [-0.1, -0.05) is 25.8 Å². The summed E-state index contributed by atoms with van der Waals surface area (Å²) in [5, 5.41) is 1.91. The molecule has 3 N–H and O–H groups in total. The second-order valence-corrected chi connectivity index (χ2v) is 7.86. The van der Waals surface area contributed by atoms with Gasteiger partial charge in [0.25, 0.3) is 0 Å². The van der Waals surface area contributed by atoms with Crippen LogP contribution in [0, 0.1) is 0 Å². The third-order valence-electron chi connectivity index (χ3n) is 4.02. The number of rotatable bonds is 8. The maximum Gasteiger partial charge on any atom is 0.247 e. The van der Waals surface area contributed by atoms with E-state index in [9.17, 15) is 8.42 Å². The van der Waals surface area contributed by atoms with Crippen molar-refractivity contribution in [2.24, 2.45) is 0 Å². The fraction of sp³-hybridized carbons (Fsp3) is 0.625. The molecule has 0 spiro atoms. The third-order valence-corrected chi connectivity index (χ3v) is 6.04. The molecule has 0 aliphatic carbocycles. The highest BCUT2D eigenvalue weighted by atomic mass is 32.2. The van der Waals surface area contributed by atoms with E-state index in [0.717, 1.165) is 25.8 Å². The lowest BCUT2D eigenvalue weighted by Crippen LogP contribution is -2.41. The molecule has 0 aromatic heterocycles. The SMILES string of the molecule is CCCCCN(C)Nc1cccc(N)c1S(=O)(=O)N1CCOCC1. The van der Waals surface area contributed by atoms with Crippen LogP contribution in [-0.4, -0.2) is 57.6 Å². The molecule has 0 unspecified atom stereocenters. The monoisotopic (exact) mass is 356 g/mol. The fourth-order valence-corrected chi connectivity index (χ4v) is 4.35. The molecule has 2 rings (SSSR count). The van der Waals surface area contributed by atoms with Crippen molar-refractivity contribution in [3.63, 3.8) is 0 Å². The van der Waals surface area contributed by atoms with Crippen LogP contribution in [0.2, 0.25) is 0 Å². The van der Waals surface area contributed by atoms with Gasteiger partial charge in [0.1, 0.15) is 4.90 Å². The molecule has 1 fully saturated rings. The molecule has 136 valence electrons. The number of sulfonamides is 1. The summed E-state index contributed by atoms with van der Waals surface area (Å²) in [6.45, 7) is 4.50. The van der Waals surface area contributed by atoms with Gasteiger partial charge in [-0.05, 0) is 18.6 Å². The predicted octanol–water partition coefficient (Wildman–Crippen LogP) is 1.74. The quantitative estimate of drug-likeness (QED) is 0.419. The van der Waals surface area contributed by atoms with Gasteiger partial charge in [-0.25, -0.2) is 13.4 Å². The highest BCUT2D eigenvalue weighted by molar-refractivity contribution is 7.89. The molecule has 0 bridgehead atoms. The predicted molar refractivity (Wildman–Crippen MR) is 96.2 cm³/mol. The summed E-state index contributed by atoms with van der Waals surface area (Å²) in [6, 6.07) is 5.13. The fourth-order valence-electron chi connectivity index (χ4n) is 2.71. The highest BCUT2D eigenvalue weighted by Crippen LogP contribution is 2.31. The van der Waals surface area contributed by atoms with Crippen LogP contribution in [0.25, 0.3) is 0 Å². The topological polar surface area (TPSA) is 87.9 Å². The first-order valence-corrected chi connectivity index (χ1v) is 9.85. The Bertz CT molecular complexity index is 630. The van der Waals surface area contributed by atoms with Gasteiger partial charge in [-0.15, -0.1) is 0 Å². The van der Waals surface area contributed by atoms with Crippen LogP contribution in [0.1, 0.15) is 26.2 Å². The maximum absolute atomic E-state index is 13.0. The van der Waals surface area contributed by atoms with Crippen molar-refractivity contribution >= 4 is 21.4 Å². The summed E-state index contributed by atoms with van der Waals surface area (Å²) in [7, 11) is -1.75. The van der Waals surface area contributed by atoms with E-state index in [0.29, 0.717) is 32.0 Å². The van der Waals surface area contributed by atoms with Crippen LogP contribution >= 0.6 is 0 Å². The number of morpholine rings is 1. The van der Waals surface area contributed by atoms with Crippen LogP contribution in [0.5, 0.6) is 0 Å². The van der Waals surface area contributed by atoms with Gasteiger partial charge in [-0.3, -0.25) is 0 Å². The summed E-state index contributed by atoms with van der Waals surface area (Å²) < 4.78 is 32.7. The number of nitrogen functional groups attached to an aromatic ring is 1. The van der Waals surface area contributed by atoms with Gasteiger partial charge in [0.2, 0.25) is 10.0 Å². The van der Waals surface area contributed by atoms with E-state index in [2.05, 4.69) is 12.3 Å². The normalized spacial score (nSPS) is 16.5. The Labute approximate surface area is 144 Å². The van der Waals surface area contributed by atoms with E-state index < -0.39 is 10.0 Å². The lowest BCUT2D eigenvalue weighted by molar-refractivity contribution is 0.0730. The summed E-state index contributed by atoms with van der Waals surface area (Å²) in [5.74, 6) is 0. The van der Waals surface area contributed by atoms with Crippen LogP contribution < -0.4 is 11.2 Å². The molecule has 8 heteroatoms. The number of unbranched alkanes of at least 4 members (excludes halogenated alkanes) is 2. The molecule has 1 aromatic carbocycles. The van der Waals surface area contributed by atoms with Crippen molar-refractivity contribution in [1.29, 1.82) is 0 Å². The first kappa shape index (κ1) is 19.0. The Hall–Kier alpha value is -1.35. The Kier molecular flexibility index (Phi) is 6.85. The minimum atomic E-state index is -3.65. The number of hydrogen-bond acceptors (Lipinski definition) is 6. The number of hydrogen-bond donors (Lipinski definition) is 2. The Morgan fingerprint density at radius 3 is 2.67 bits per heavy atom. The lowest BCUT2D eigenvalue weighted by Gasteiger charge is -2.28. The number of ether oxygens (including phenoxy) is 1. The number of benzene rings is 1. The Balaban J connectivity index is 2.22. The average Bonchev–Trinajstić information content (AvgIpc) is 2.55. The lowest BCUT2D eigenvalue weighted by atomic mass is 10.2. The van der Waals surface area contributed by atoms with Crippen molar-refractivity contribution in [1.82, 2.24) is 9.31 Å². The van der Waals surface area contributed by atoms with E-state index in [1.165, 1.54) is 4.31 Å². The number of hydrazine groups is 1. The van der Waals surface area contributed by atoms with Crippen molar-refractivity contribution in [2.75, 3.05) is 51.1 Å². The van der Waals surface area contributed by atoms with Gasteiger partial charge in [0, 0.05) is 26.7 Å². The average molecular weight is 356 g/mol. The molecule has 0 amide bonds. The Morgan fingerprint density at radius 1 is 1.29 bits per heavy atom. The molecular weight excluding hydrogens is 328 g/mol. The zero-order valence-corrected chi connectivity index (χ0v) is 15.3. The van der Waals surface area contributed by atoms with E-state index in [1.807, 2.05) is 12.1 Å². The molecule has 1 saturated heterocycles. The number of nitrogens with one attached hydrogen (secondary N) is 1. The molecule has 1 aliphatic rings. The van der Waals surface area contributed by atoms with E-state index >= 15 is 0 Å². The summed E-state index contributed by atoms with van der Waals surface area (Å²) in [5.41, 5.74) is 9.96. The molecule has 0 atom stereocenters. The van der Waals surface area contributed by atoms with Crippen molar-refractivity contribution in [3.8, 4) is 0 Å². The summed E-state index contributed by atoms with van der Waals surface area (Å²) >= 11 is 0. The molecule has 7 nitrogen and oxygen atoms in total. The molecule has 0 radical (unpaired) electrons. The largest absolute Gasteiger partial charge is 0.398 e. The van der Waals surface area contributed by atoms with E-state index in [-0.39, 0.29) is 10.6 Å². The smallest absolute Gasteiger partial charge is 0.247 e. The van der Waals surface area contributed by atoms with Gasteiger partial charge in [0.15, 0.2) is 0 Å². The minimum absolute atomic E-state index is 0.147. The van der Waals surface area contributed by atoms with Gasteiger partial charge < -0.3 is 15.9 Å². The van der Waals surface area contributed by atoms with Gasteiger partial charge in [-0.2, -0.15) is 4.31 Å². The summed E-state index contributed by atoms with van der Waals surface area (Å²) in [4.78, 5) is 0.147. The van der Waals surface area contributed by atoms with Crippen molar-refractivity contribution < 1.29 is 13.2 Å². The molecule has 24 heavy (non-hydrogen) atoms. The van der Waals surface area contributed by atoms with Crippen LogP contribution in [-0.2, 0) is 14.8 Å². The minimum Gasteiger partial charge on any atom is -0.398 e. The van der Waals surface area contributed by atoms with Crippen LogP contribution in [0.4, 0.5) is 11.4 Å². The molecule has 1 aromatic rings. The molecule has 1 heterocycles. The third kappa shape index (κ3) is 4.60. The van der Waals surface area contributed by atoms with E-state index in [1.54, 1.807) is 18.2 Å². The van der Waals surface area contributed by atoms with Crippen molar-refractivity contribution in [3.05, 3.63) is 18.2 Å². The number of nitrogens with two attached hydrogens (primary N) is 1. The summed E-state index contributed by atoms with van der Waals surface area (Å²) in [6.07, 6.45) is 3.33. The van der Waals surface area contributed by atoms with Crippen LogP contribution in [0.15, 0.2) is 23.1 Å². The first-order chi connectivity index (χ1) is 11.5. The first-order valence-electron chi connectivity index (χ1n) is 8.41. The molecular formula is C16H28N4O3S. The zero-order valence-electron chi connectivity index (χ0n) is 14.5. The van der Waals surface area contributed by atoms with Crippen LogP contribution in [0.3, 0.4) is 0 Å². The standard InChI is InChI=1S/C16H28N4O3S/c1-3-4-5-9-19(2)18-15-8-6-7-14(17)16(15)24(21,22)20-10-12-23-13-11-20/h6-8,18H,3-5,9-13,17H2,1-2H3.